The normalized spacial score (nSPS) is 12.3. The number of hydrogen-bond donors (Lipinski definition) is 2. The lowest BCUT2D eigenvalue weighted by Crippen LogP contribution is -2.26. The van der Waals surface area contributed by atoms with Gasteiger partial charge in [-0.05, 0) is 48.2 Å². The fraction of sp³-hybridized carbons (Fsp3) is 0.130. The summed E-state index contributed by atoms with van der Waals surface area (Å²) in [7, 11) is 0. The Kier molecular flexibility index (Phi) is 5.07. The first-order chi connectivity index (χ1) is 15.5. The summed E-state index contributed by atoms with van der Waals surface area (Å²) in [4.78, 5) is 29.3. The molecule has 9 heteroatoms. The first-order valence-electron chi connectivity index (χ1n) is 10.1. The third kappa shape index (κ3) is 3.48. The molecule has 160 valence electrons. The SMILES string of the molecule is CC[C@H](Nc1ncnc2[nH]cnc12)c1cc2ccc(F)cc2c(=O)n1-c1cccc(Cl)c1. The number of anilines is 1. The quantitative estimate of drug-likeness (QED) is 0.394. The zero-order valence-corrected chi connectivity index (χ0v) is 17.8. The average molecular weight is 449 g/mol. The van der Waals surface area contributed by atoms with E-state index >= 15 is 0 Å². The van der Waals surface area contributed by atoms with E-state index in [4.69, 9.17) is 11.6 Å². The van der Waals surface area contributed by atoms with Crippen molar-refractivity contribution in [2.75, 3.05) is 5.32 Å². The summed E-state index contributed by atoms with van der Waals surface area (Å²) in [5.41, 5.74) is 2.17. The second kappa shape index (κ2) is 8.05. The van der Waals surface area contributed by atoms with Crippen LogP contribution in [-0.4, -0.2) is 24.5 Å². The summed E-state index contributed by atoms with van der Waals surface area (Å²) in [5, 5.41) is 4.84. The van der Waals surface area contributed by atoms with Crippen LogP contribution < -0.4 is 10.9 Å². The van der Waals surface area contributed by atoms with Crippen molar-refractivity contribution in [3.8, 4) is 5.69 Å². The van der Waals surface area contributed by atoms with E-state index in [0.717, 1.165) is 0 Å². The van der Waals surface area contributed by atoms with E-state index in [9.17, 15) is 9.18 Å². The lowest BCUT2D eigenvalue weighted by atomic mass is 10.0. The van der Waals surface area contributed by atoms with Crippen molar-refractivity contribution in [3.63, 3.8) is 0 Å². The Bertz CT molecular complexity index is 1510. The van der Waals surface area contributed by atoms with Gasteiger partial charge in [0.05, 0.1) is 23.4 Å². The lowest BCUT2D eigenvalue weighted by molar-refractivity contribution is 0.629. The second-order valence-corrected chi connectivity index (χ2v) is 7.78. The maximum Gasteiger partial charge on any atom is 0.263 e. The molecular formula is C23H18ClFN6O. The van der Waals surface area contributed by atoms with Crippen LogP contribution in [0.2, 0.25) is 5.02 Å². The minimum atomic E-state index is -0.466. The van der Waals surface area contributed by atoms with Gasteiger partial charge in [0.15, 0.2) is 11.5 Å². The minimum Gasteiger partial charge on any atom is -0.360 e. The molecule has 0 unspecified atom stereocenters. The monoisotopic (exact) mass is 448 g/mol. The molecule has 0 aliphatic rings. The van der Waals surface area contributed by atoms with E-state index in [1.54, 1.807) is 41.2 Å². The number of nitrogens with one attached hydrogen (secondary N) is 2. The molecule has 0 radical (unpaired) electrons. The van der Waals surface area contributed by atoms with Gasteiger partial charge in [-0.3, -0.25) is 9.36 Å². The van der Waals surface area contributed by atoms with Crippen molar-refractivity contribution in [3.05, 3.63) is 88.1 Å². The van der Waals surface area contributed by atoms with Crippen molar-refractivity contribution in [2.45, 2.75) is 19.4 Å². The smallest absolute Gasteiger partial charge is 0.263 e. The van der Waals surface area contributed by atoms with Crippen LogP contribution in [0, 0.1) is 5.82 Å². The average Bonchev–Trinajstić information content (AvgIpc) is 3.27. The van der Waals surface area contributed by atoms with Gasteiger partial charge in [-0.2, -0.15) is 0 Å². The first-order valence-corrected chi connectivity index (χ1v) is 10.4. The number of fused-ring (bicyclic) bond motifs is 2. The van der Waals surface area contributed by atoms with Crippen LogP contribution in [0.3, 0.4) is 0 Å². The van der Waals surface area contributed by atoms with Crippen LogP contribution in [0.1, 0.15) is 25.1 Å². The molecule has 0 aliphatic heterocycles. The number of pyridine rings is 1. The Morgan fingerprint density at radius 3 is 2.84 bits per heavy atom. The van der Waals surface area contributed by atoms with Crippen LogP contribution in [-0.2, 0) is 0 Å². The maximum atomic E-state index is 13.9. The van der Waals surface area contributed by atoms with E-state index in [1.165, 1.54) is 18.5 Å². The minimum absolute atomic E-state index is 0.292. The molecule has 7 nitrogen and oxygen atoms in total. The molecule has 0 amide bonds. The Morgan fingerprint density at radius 1 is 1.16 bits per heavy atom. The second-order valence-electron chi connectivity index (χ2n) is 7.35. The molecule has 2 aromatic carbocycles. The number of benzene rings is 2. The topological polar surface area (TPSA) is 88.5 Å². The van der Waals surface area contributed by atoms with Gasteiger partial charge in [0.1, 0.15) is 17.7 Å². The highest BCUT2D eigenvalue weighted by atomic mass is 35.5. The first kappa shape index (κ1) is 20.1. The molecule has 32 heavy (non-hydrogen) atoms. The number of rotatable bonds is 5. The molecule has 0 saturated heterocycles. The largest absolute Gasteiger partial charge is 0.360 e. The summed E-state index contributed by atoms with van der Waals surface area (Å²) in [5.74, 6) is 0.0828. The Morgan fingerprint density at radius 2 is 2.03 bits per heavy atom. The fourth-order valence-electron chi connectivity index (χ4n) is 3.86. The molecule has 5 rings (SSSR count). The van der Waals surface area contributed by atoms with Gasteiger partial charge in [-0.15, -0.1) is 0 Å². The van der Waals surface area contributed by atoms with Gasteiger partial charge in [0.2, 0.25) is 0 Å². The summed E-state index contributed by atoms with van der Waals surface area (Å²) >= 11 is 6.22. The molecule has 0 spiro atoms. The molecule has 3 aromatic heterocycles. The molecular weight excluding hydrogens is 431 g/mol. The number of aromatic amines is 1. The van der Waals surface area contributed by atoms with E-state index in [-0.39, 0.29) is 11.6 Å². The zero-order chi connectivity index (χ0) is 22.2. The van der Waals surface area contributed by atoms with Crippen molar-refractivity contribution in [1.82, 2.24) is 24.5 Å². The van der Waals surface area contributed by atoms with Crippen LogP contribution in [0.25, 0.3) is 27.6 Å². The summed E-state index contributed by atoms with van der Waals surface area (Å²) in [6.45, 7) is 2.00. The summed E-state index contributed by atoms with van der Waals surface area (Å²) in [6, 6.07) is 12.8. The molecule has 0 fully saturated rings. The van der Waals surface area contributed by atoms with Crippen LogP contribution in [0.5, 0.6) is 0 Å². The van der Waals surface area contributed by atoms with Gasteiger partial charge < -0.3 is 10.3 Å². The number of aromatic nitrogens is 5. The third-order valence-corrected chi connectivity index (χ3v) is 5.61. The predicted octanol–water partition coefficient (Wildman–Crippen LogP) is 5.01. The number of imidazole rings is 1. The van der Waals surface area contributed by atoms with Crippen LogP contribution in [0.4, 0.5) is 10.2 Å². The molecule has 2 N–H and O–H groups in total. The van der Waals surface area contributed by atoms with Crippen LogP contribution in [0.15, 0.2) is 66.0 Å². The van der Waals surface area contributed by atoms with E-state index < -0.39 is 5.82 Å². The Balaban J connectivity index is 1.74. The standard InChI is InChI=1S/C23H18ClFN6O/c1-2-18(30-22-20-21(27-11-26-20)28-12-29-22)19-8-13-6-7-15(25)10-17(13)23(32)31(19)16-5-3-4-14(24)9-16/h3-12,18H,2H2,1H3,(H2,26,27,28,29,30)/t18-/m0/s1. The highest BCUT2D eigenvalue weighted by Crippen LogP contribution is 2.28. The number of halogens is 2. The lowest BCUT2D eigenvalue weighted by Gasteiger charge is -2.23. The van der Waals surface area contributed by atoms with E-state index in [0.29, 0.717) is 50.6 Å². The predicted molar refractivity (Wildman–Crippen MR) is 123 cm³/mol. The Hall–Kier alpha value is -3.78. The Labute approximate surface area is 186 Å². The maximum absolute atomic E-state index is 13.9. The van der Waals surface area contributed by atoms with Gasteiger partial charge in [0.25, 0.3) is 5.56 Å². The van der Waals surface area contributed by atoms with Gasteiger partial charge in [-0.1, -0.05) is 30.7 Å². The van der Waals surface area contributed by atoms with Crippen molar-refractivity contribution < 1.29 is 4.39 Å². The molecule has 0 aliphatic carbocycles. The van der Waals surface area contributed by atoms with Gasteiger partial charge in [0, 0.05) is 10.7 Å². The van der Waals surface area contributed by atoms with Gasteiger partial charge >= 0.3 is 0 Å². The molecule has 3 heterocycles. The summed E-state index contributed by atoms with van der Waals surface area (Å²) < 4.78 is 15.5. The van der Waals surface area contributed by atoms with Gasteiger partial charge in [-0.25, -0.2) is 19.3 Å². The van der Waals surface area contributed by atoms with Crippen molar-refractivity contribution in [2.24, 2.45) is 0 Å². The van der Waals surface area contributed by atoms with E-state index in [1.807, 2.05) is 13.0 Å². The molecule has 0 bridgehead atoms. The number of nitrogens with zero attached hydrogens (tertiary/aromatic N) is 4. The third-order valence-electron chi connectivity index (χ3n) is 5.37. The molecule has 1 atom stereocenters. The highest BCUT2D eigenvalue weighted by Gasteiger charge is 2.20. The molecule has 0 saturated carbocycles. The summed E-state index contributed by atoms with van der Waals surface area (Å²) in [6.07, 6.45) is 3.64. The van der Waals surface area contributed by atoms with E-state index in [2.05, 4.69) is 25.3 Å². The van der Waals surface area contributed by atoms with Crippen molar-refractivity contribution in [1.29, 1.82) is 0 Å². The number of H-pyrrole nitrogens is 1. The van der Waals surface area contributed by atoms with Crippen LogP contribution >= 0.6 is 11.6 Å². The van der Waals surface area contributed by atoms with Crippen molar-refractivity contribution >= 4 is 39.4 Å². The molecule has 5 aromatic rings. The number of hydrogen-bond acceptors (Lipinski definition) is 5. The zero-order valence-electron chi connectivity index (χ0n) is 17.0. The fourth-order valence-corrected chi connectivity index (χ4v) is 4.04. The highest BCUT2D eigenvalue weighted by molar-refractivity contribution is 6.30.